The molecule has 1 aromatic heterocycles. The van der Waals surface area contributed by atoms with Crippen molar-refractivity contribution < 1.29 is 4.74 Å². The number of halogens is 1. The van der Waals surface area contributed by atoms with Crippen LogP contribution in [-0.2, 0) is 6.54 Å². The van der Waals surface area contributed by atoms with E-state index in [0.29, 0.717) is 5.95 Å². The fourth-order valence-corrected chi connectivity index (χ4v) is 2.35. The number of fused-ring (bicyclic) bond motifs is 1. The lowest BCUT2D eigenvalue weighted by Crippen LogP contribution is -2.26. The zero-order valence-corrected chi connectivity index (χ0v) is 11.8. The van der Waals surface area contributed by atoms with Crippen LogP contribution in [0.15, 0.2) is 24.3 Å². The average Bonchev–Trinajstić information content (AvgIpc) is 2.69. The van der Waals surface area contributed by atoms with Crippen LogP contribution in [0, 0.1) is 0 Å². The molecule has 0 spiro atoms. The topological polar surface area (TPSA) is 63.2 Å². The molecule has 1 aliphatic rings. The fraction of sp³-hybridized carbons (Fsp3) is 0.308. The molecule has 1 aliphatic heterocycles. The van der Waals surface area contributed by atoms with Crippen LogP contribution in [-0.4, -0.2) is 35.2 Å². The third-order valence-corrected chi connectivity index (χ3v) is 3.28. The quantitative estimate of drug-likeness (QED) is 0.910. The van der Waals surface area contributed by atoms with E-state index in [2.05, 4.69) is 26.3 Å². The molecule has 1 aromatic carbocycles. The molecular weight excluding hydrogens is 278 g/mol. The molecule has 2 aromatic rings. The van der Waals surface area contributed by atoms with Gasteiger partial charge in [0.15, 0.2) is 0 Å². The Morgan fingerprint density at radius 2 is 2.10 bits per heavy atom. The lowest BCUT2D eigenvalue weighted by Gasteiger charge is -2.22. The maximum atomic E-state index is 5.93. The summed E-state index contributed by atoms with van der Waals surface area (Å²) in [6.45, 7) is 2.41. The first kappa shape index (κ1) is 13.1. The molecule has 20 heavy (non-hydrogen) atoms. The van der Waals surface area contributed by atoms with Crippen molar-refractivity contribution in [2.45, 2.75) is 6.54 Å². The van der Waals surface area contributed by atoms with Crippen molar-refractivity contribution in [3.05, 3.63) is 35.1 Å². The first-order valence-corrected chi connectivity index (χ1v) is 6.67. The first-order valence-electron chi connectivity index (χ1n) is 6.29. The van der Waals surface area contributed by atoms with Crippen molar-refractivity contribution in [3.63, 3.8) is 0 Å². The number of ether oxygens (including phenoxy) is 1. The number of aromatic nitrogens is 3. The van der Waals surface area contributed by atoms with Crippen molar-refractivity contribution in [2.24, 2.45) is 0 Å². The third-order valence-electron chi connectivity index (χ3n) is 3.11. The largest absolute Gasteiger partial charge is 0.467 e. The van der Waals surface area contributed by atoms with Gasteiger partial charge < -0.3 is 15.0 Å². The van der Waals surface area contributed by atoms with Gasteiger partial charge in [0.2, 0.25) is 11.2 Å². The van der Waals surface area contributed by atoms with Crippen LogP contribution < -0.4 is 15.0 Å². The zero-order chi connectivity index (χ0) is 13.9. The summed E-state index contributed by atoms with van der Waals surface area (Å²) < 4.78 is 5.06. The Kier molecular flexibility index (Phi) is 3.66. The minimum Gasteiger partial charge on any atom is -0.467 e. The molecule has 0 fully saturated rings. The molecule has 6 nitrogen and oxygen atoms in total. The third kappa shape index (κ3) is 2.52. The van der Waals surface area contributed by atoms with Gasteiger partial charge in [-0.05, 0) is 23.2 Å². The number of benzene rings is 1. The highest BCUT2D eigenvalue weighted by Gasteiger charge is 2.19. The Labute approximate surface area is 121 Å². The van der Waals surface area contributed by atoms with E-state index in [9.17, 15) is 0 Å². The highest BCUT2D eigenvalue weighted by molar-refractivity contribution is 6.28. The van der Waals surface area contributed by atoms with Crippen molar-refractivity contribution in [1.82, 2.24) is 20.3 Å². The molecule has 0 saturated heterocycles. The lowest BCUT2D eigenvalue weighted by atomic mass is 10.1. The van der Waals surface area contributed by atoms with Gasteiger partial charge in [-0.15, -0.1) is 0 Å². The van der Waals surface area contributed by atoms with Crippen LogP contribution in [0.25, 0.3) is 0 Å². The molecule has 3 rings (SSSR count). The Morgan fingerprint density at radius 1 is 1.25 bits per heavy atom. The van der Waals surface area contributed by atoms with Gasteiger partial charge in [0, 0.05) is 25.3 Å². The van der Waals surface area contributed by atoms with Gasteiger partial charge in [0.25, 0.3) is 0 Å². The standard InChI is InChI=1S/C13H14ClN5O/c1-20-13-17-11(14)16-12(18-13)19-7-6-15-8-9-4-2-3-5-10(9)19/h2-5,15H,6-8H2,1H3. The summed E-state index contributed by atoms with van der Waals surface area (Å²) in [5, 5.41) is 3.50. The van der Waals surface area contributed by atoms with E-state index >= 15 is 0 Å². The van der Waals surface area contributed by atoms with Crippen LogP contribution in [0.2, 0.25) is 5.28 Å². The van der Waals surface area contributed by atoms with E-state index in [1.165, 1.54) is 12.7 Å². The van der Waals surface area contributed by atoms with Gasteiger partial charge in [0.1, 0.15) is 0 Å². The summed E-state index contributed by atoms with van der Waals surface area (Å²) in [6, 6.07) is 8.37. The summed E-state index contributed by atoms with van der Waals surface area (Å²) >= 11 is 5.93. The van der Waals surface area contributed by atoms with Gasteiger partial charge in [-0.25, -0.2) is 0 Å². The maximum Gasteiger partial charge on any atom is 0.322 e. The van der Waals surface area contributed by atoms with E-state index in [-0.39, 0.29) is 11.3 Å². The van der Waals surface area contributed by atoms with Gasteiger partial charge >= 0.3 is 6.01 Å². The number of para-hydroxylation sites is 1. The van der Waals surface area contributed by atoms with Gasteiger partial charge in [-0.3, -0.25) is 0 Å². The van der Waals surface area contributed by atoms with E-state index < -0.39 is 0 Å². The minimum absolute atomic E-state index is 0.126. The summed E-state index contributed by atoms with van der Waals surface area (Å²) in [7, 11) is 1.51. The van der Waals surface area contributed by atoms with Gasteiger partial charge in [-0.1, -0.05) is 18.2 Å². The van der Waals surface area contributed by atoms with E-state index in [1.807, 2.05) is 23.1 Å². The molecule has 1 N–H and O–H groups in total. The number of nitrogens with zero attached hydrogens (tertiary/aromatic N) is 4. The van der Waals surface area contributed by atoms with Crippen LogP contribution in [0.3, 0.4) is 0 Å². The van der Waals surface area contributed by atoms with Crippen LogP contribution in [0.5, 0.6) is 6.01 Å². The van der Waals surface area contributed by atoms with E-state index in [4.69, 9.17) is 16.3 Å². The monoisotopic (exact) mass is 291 g/mol. The predicted molar refractivity (Wildman–Crippen MR) is 76.5 cm³/mol. The average molecular weight is 292 g/mol. The smallest absolute Gasteiger partial charge is 0.322 e. The lowest BCUT2D eigenvalue weighted by molar-refractivity contribution is 0.378. The molecule has 2 heterocycles. The molecule has 0 aliphatic carbocycles. The molecule has 104 valence electrons. The molecule has 0 unspecified atom stereocenters. The number of hydrogen-bond donors (Lipinski definition) is 1. The Bertz CT molecular complexity index is 621. The van der Waals surface area contributed by atoms with Crippen LogP contribution in [0.1, 0.15) is 5.56 Å². The molecule has 0 saturated carbocycles. The summed E-state index contributed by atoms with van der Waals surface area (Å²) in [5.74, 6) is 0.498. The molecular formula is C13H14ClN5O. The summed E-state index contributed by atoms with van der Waals surface area (Å²) in [6.07, 6.45) is 0. The van der Waals surface area contributed by atoms with Crippen molar-refractivity contribution in [1.29, 1.82) is 0 Å². The number of nitrogens with one attached hydrogen (secondary N) is 1. The SMILES string of the molecule is COc1nc(Cl)nc(N2CCNCc3ccccc32)n1. The van der Waals surface area contributed by atoms with Crippen LogP contribution in [0.4, 0.5) is 11.6 Å². The second-order valence-electron chi connectivity index (χ2n) is 4.35. The first-order chi connectivity index (χ1) is 9.78. The van der Waals surface area contributed by atoms with Gasteiger partial charge in [-0.2, -0.15) is 15.0 Å². The highest BCUT2D eigenvalue weighted by atomic mass is 35.5. The van der Waals surface area contributed by atoms with Crippen molar-refractivity contribution >= 4 is 23.2 Å². The number of rotatable bonds is 2. The normalized spacial score (nSPS) is 14.6. The summed E-state index contributed by atoms with van der Waals surface area (Å²) in [4.78, 5) is 14.4. The molecule has 7 heteroatoms. The Morgan fingerprint density at radius 3 is 2.95 bits per heavy atom. The second-order valence-corrected chi connectivity index (χ2v) is 4.69. The summed E-state index contributed by atoms with van der Waals surface area (Å²) in [5.41, 5.74) is 2.27. The predicted octanol–water partition coefficient (Wildman–Crippen LogP) is 1.77. The fourth-order valence-electron chi connectivity index (χ4n) is 2.20. The maximum absolute atomic E-state index is 5.93. The Balaban J connectivity index is 2.07. The molecule has 0 radical (unpaired) electrons. The van der Waals surface area contributed by atoms with Crippen LogP contribution >= 0.6 is 11.6 Å². The molecule has 0 atom stereocenters. The number of methoxy groups -OCH3 is 1. The number of hydrogen-bond acceptors (Lipinski definition) is 6. The minimum atomic E-state index is 0.126. The zero-order valence-electron chi connectivity index (χ0n) is 11.0. The second kappa shape index (κ2) is 5.60. The molecule has 0 amide bonds. The van der Waals surface area contributed by atoms with Gasteiger partial charge in [0.05, 0.1) is 7.11 Å². The van der Waals surface area contributed by atoms with E-state index in [1.54, 1.807) is 0 Å². The Hall–Kier alpha value is -1.92. The molecule has 0 bridgehead atoms. The van der Waals surface area contributed by atoms with Crippen molar-refractivity contribution in [2.75, 3.05) is 25.1 Å². The van der Waals surface area contributed by atoms with Crippen molar-refractivity contribution in [3.8, 4) is 6.01 Å². The highest BCUT2D eigenvalue weighted by Crippen LogP contribution is 2.28. The van der Waals surface area contributed by atoms with E-state index in [0.717, 1.165) is 25.3 Å². The number of anilines is 2.